The molecule has 3 aliphatic carbocycles. The second-order valence-corrected chi connectivity index (χ2v) is 9.85. The van der Waals surface area contributed by atoms with Gasteiger partial charge < -0.3 is 25.2 Å². The third-order valence-corrected chi connectivity index (χ3v) is 7.88. The van der Waals surface area contributed by atoms with Crippen molar-refractivity contribution in [3.63, 3.8) is 0 Å². The maximum absolute atomic E-state index is 13.7. The lowest BCUT2D eigenvalue weighted by Gasteiger charge is -2.44. The molecule has 1 aromatic rings. The van der Waals surface area contributed by atoms with E-state index in [-0.39, 0.29) is 36.9 Å². The van der Waals surface area contributed by atoms with Gasteiger partial charge in [-0.05, 0) is 37.8 Å². The number of rotatable bonds is 6. The number of amides is 2. The van der Waals surface area contributed by atoms with E-state index in [2.05, 4.69) is 5.32 Å². The molecule has 4 aliphatic rings. The highest BCUT2D eigenvalue weighted by Gasteiger charge is 2.52. The Labute approximate surface area is 194 Å². The maximum Gasteiger partial charge on any atom is 0.247 e. The van der Waals surface area contributed by atoms with Crippen molar-refractivity contribution in [2.75, 3.05) is 13.2 Å². The summed E-state index contributed by atoms with van der Waals surface area (Å²) in [6.45, 7) is -0.00273. The van der Waals surface area contributed by atoms with Gasteiger partial charge in [0, 0.05) is 29.6 Å². The lowest BCUT2D eigenvalue weighted by molar-refractivity contribution is -0.144. The third kappa shape index (κ3) is 4.06. The molecule has 1 aromatic carbocycles. The number of nitrogens with one attached hydrogen (secondary N) is 1. The van der Waals surface area contributed by atoms with Gasteiger partial charge in [-0.15, -0.1) is 0 Å². The minimum atomic E-state index is -0.928. The monoisotopic (exact) mass is 454 g/mol. The first-order valence-electron chi connectivity index (χ1n) is 12.5. The van der Waals surface area contributed by atoms with Crippen LogP contribution < -0.4 is 10.1 Å². The van der Waals surface area contributed by atoms with Crippen molar-refractivity contribution < 1.29 is 24.5 Å². The molecule has 4 atom stereocenters. The van der Waals surface area contributed by atoms with Gasteiger partial charge in [0.1, 0.15) is 18.0 Å². The molecule has 0 radical (unpaired) electrons. The van der Waals surface area contributed by atoms with Gasteiger partial charge >= 0.3 is 0 Å². The van der Waals surface area contributed by atoms with Crippen LogP contribution in [0.25, 0.3) is 0 Å². The number of aliphatic hydroxyl groups excluding tert-OH is 2. The van der Waals surface area contributed by atoms with Gasteiger partial charge in [0.05, 0.1) is 18.6 Å². The Hall–Kier alpha value is -2.38. The fraction of sp³-hybridized carbons (Fsp3) is 0.615. The number of hydrogen-bond acceptors (Lipinski definition) is 5. The van der Waals surface area contributed by atoms with Crippen LogP contribution in [0.5, 0.6) is 5.75 Å². The molecule has 0 spiro atoms. The Morgan fingerprint density at radius 1 is 1.06 bits per heavy atom. The van der Waals surface area contributed by atoms with Crippen LogP contribution in [0.15, 0.2) is 35.9 Å². The molecule has 0 bridgehead atoms. The van der Waals surface area contributed by atoms with E-state index in [1.54, 1.807) is 0 Å². The van der Waals surface area contributed by atoms with Gasteiger partial charge in [-0.25, -0.2) is 0 Å². The molecular formula is C26H34N2O5. The lowest BCUT2D eigenvalue weighted by atomic mass is 9.77. The number of hydrogen-bond donors (Lipinski definition) is 3. The number of aliphatic hydroxyl groups is 2. The Balaban J connectivity index is 1.54. The largest absolute Gasteiger partial charge is 0.486 e. The standard InChI is InChI=1S/C26H34N2O5/c29-14-13-27-25(31)19-15-20(23(30)24-22(19)18-11-5-6-12-21(18)33-24)28(17-9-3-4-10-17)26(32)16-7-1-2-8-16/h5-6,11-12,15-17,20,22-24,29-30H,1-4,7-10,13-14H2,(H,27,31)/t20-,22+,23+,24+/m1/s1. The SMILES string of the molecule is O=C(NCCO)C1=C[C@@H](N(C(=O)C2CCCC2)C2CCCC2)[C@H](O)[C@H]2Oc3ccccc3[C@@H]12. The molecule has 33 heavy (non-hydrogen) atoms. The maximum atomic E-state index is 13.7. The van der Waals surface area contributed by atoms with Gasteiger partial charge in [-0.3, -0.25) is 9.59 Å². The summed E-state index contributed by atoms with van der Waals surface area (Å²) in [7, 11) is 0. The molecule has 2 saturated carbocycles. The van der Waals surface area contributed by atoms with E-state index in [0.29, 0.717) is 11.3 Å². The fourth-order valence-corrected chi connectivity index (χ4v) is 6.30. The van der Waals surface area contributed by atoms with Crippen molar-refractivity contribution in [3.05, 3.63) is 41.5 Å². The summed E-state index contributed by atoms with van der Waals surface area (Å²) in [6, 6.07) is 7.04. The minimum absolute atomic E-state index is 0.00252. The highest BCUT2D eigenvalue weighted by Crippen LogP contribution is 2.48. The molecular weight excluding hydrogens is 420 g/mol. The Bertz CT molecular complexity index is 919. The zero-order chi connectivity index (χ0) is 22.9. The predicted octanol–water partition coefficient (Wildman–Crippen LogP) is 2.27. The molecule has 7 heteroatoms. The number of nitrogens with zero attached hydrogens (tertiary/aromatic N) is 1. The van der Waals surface area contributed by atoms with Crippen molar-refractivity contribution in [1.29, 1.82) is 0 Å². The van der Waals surface area contributed by atoms with Crippen LogP contribution >= 0.6 is 0 Å². The van der Waals surface area contributed by atoms with Crippen LogP contribution in [0.3, 0.4) is 0 Å². The topological polar surface area (TPSA) is 99.1 Å². The van der Waals surface area contributed by atoms with E-state index in [1.165, 1.54) is 0 Å². The Morgan fingerprint density at radius 3 is 2.48 bits per heavy atom. The molecule has 0 aromatic heterocycles. The van der Waals surface area contributed by atoms with Crippen LogP contribution in [0, 0.1) is 5.92 Å². The van der Waals surface area contributed by atoms with E-state index >= 15 is 0 Å². The van der Waals surface area contributed by atoms with Crippen molar-refractivity contribution in [2.24, 2.45) is 5.92 Å². The summed E-state index contributed by atoms with van der Waals surface area (Å²) in [5.74, 6) is 0.0951. The first-order chi connectivity index (χ1) is 16.1. The average Bonchev–Trinajstić information content (AvgIpc) is 3.60. The van der Waals surface area contributed by atoms with Crippen LogP contribution in [0.2, 0.25) is 0 Å². The molecule has 1 heterocycles. The number of carbonyl (C=O) groups is 2. The number of fused-ring (bicyclic) bond motifs is 3. The van der Waals surface area contributed by atoms with Crippen molar-refractivity contribution >= 4 is 11.8 Å². The third-order valence-electron chi connectivity index (χ3n) is 7.88. The summed E-state index contributed by atoms with van der Waals surface area (Å²) in [5.41, 5.74) is 1.39. The second kappa shape index (κ2) is 9.47. The van der Waals surface area contributed by atoms with E-state index in [0.717, 1.165) is 56.9 Å². The Kier molecular flexibility index (Phi) is 6.43. The smallest absolute Gasteiger partial charge is 0.247 e. The van der Waals surface area contributed by atoms with Crippen LogP contribution in [-0.2, 0) is 9.59 Å². The summed E-state index contributed by atoms with van der Waals surface area (Å²) in [6.07, 6.45) is 8.18. The van der Waals surface area contributed by atoms with Crippen LogP contribution in [0.1, 0.15) is 62.8 Å². The molecule has 3 N–H and O–H groups in total. The van der Waals surface area contributed by atoms with Crippen molar-refractivity contribution in [3.8, 4) is 5.75 Å². The summed E-state index contributed by atoms with van der Waals surface area (Å²) >= 11 is 0. The highest BCUT2D eigenvalue weighted by molar-refractivity contribution is 5.96. The normalized spacial score (nSPS) is 29.2. The molecule has 0 saturated heterocycles. The first kappa shape index (κ1) is 22.4. The highest BCUT2D eigenvalue weighted by atomic mass is 16.5. The van der Waals surface area contributed by atoms with Crippen LogP contribution in [0.4, 0.5) is 0 Å². The van der Waals surface area contributed by atoms with Gasteiger partial charge in [0.15, 0.2) is 0 Å². The van der Waals surface area contributed by atoms with E-state index in [4.69, 9.17) is 4.74 Å². The second-order valence-electron chi connectivity index (χ2n) is 9.85. The molecule has 1 aliphatic heterocycles. The quantitative estimate of drug-likeness (QED) is 0.613. The predicted molar refractivity (Wildman–Crippen MR) is 123 cm³/mol. The zero-order valence-corrected chi connectivity index (χ0v) is 19.0. The summed E-state index contributed by atoms with van der Waals surface area (Å²) in [4.78, 5) is 28.9. The minimum Gasteiger partial charge on any atom is -0.486 e. The Morgan fingerprint density at radius 2 is 1.76 bits per heavy atom. The molecule has 7 nitrogen and oxygen atoms in total. The van der Waals surface area contributed by atoms with Crippen molar-refractivity contribution in [1.82, 2.24) is 10.2 Å². The van der Waals surface area contributed by atoms with Gasteiger partial charge in [-0.1, -0.05) is 43.9 Å². The van der Waals surface area contributed by atoms with E-state index in [9.17, 15) is 19.8 Å². The zero-order valence-electron chi connectivity index (χ0n) is 19.0. The number of benzene rings is 1. The van der Waals surface area contributed by atoms with Crippen LogP contribution in [-0.4, -0.2) is 64.4 Å². The van der Waals surface area contributed by atoms with Gasteiger partial charge in [0.25, 0.3) is 0 Å². The lowest BCUT2D eigenvalue weighted by Crippen LogP contribution is -2.59. The van der Waals surface area contributed by atoms with Gasteiger partial charge in [-0.2, -0.15) is 0 Å². The molecule has 0 unspecified atom stereocenters. The molecule has 2 fully saturated rings. The number of ether oxygens (including phenoxy) is 1. The molecule has 5 rings (SSSR count). The van der Waals surface area contributed by atoms with Crippen molar-refractivity contribution in [2.45, 2.75) is 81.6 Å². The number of carbonyl (C=O) groups excluding carboxylic acids is 2. The fourth-order valence-electron chi connectivity index (χ4n) is 6.30. The van der Waals surface area contributed by atoms with E-state index < -0.39 is 24.2 Å². The molecule has 2 amide bonds. The summed E-state index contributed by atoms with van der Waals surface area (Å²) in [5, 5.41) is 23.6. The molecule has 178 valence electrons. The number of para-hydroxylation sites is 1. The first-order valence-corrected chi connectivity index (χ1v) is 12.5. The van der Waals surface area contributed by atoms with Gasteiger partial charge in [0.2, 0.25) is 11.8 Å². The van der Waals surface area contributed by atoms with E-state index in [1.807, 2.05) is 35.2 Å². The average molecular weight is 455 g/mol. The summed E-state index contributed by atoms with van der Waals surface area (Å²) < 4.78 is 6.20.